The Morgan fingerprint density at radius 2 is 2.14 bits per heavy atom. The standard InChI is InChI=1S/C9H8F2O3/c1-13-5-14-8-3-6(4-12)2-7(10)9(8)11/h2-4H,5H2,1H3. The van der Waals surface area contributed by atoms with E-state index >= 15 is 0 Å². The lowest BCUT2D eigenvalue weighted by Crippen LogP contribution is -2.03. The molecule has 0 N–H and O–H groups in total. The molecule has 0 saturated heterocycles. The number of hydrogen-bond donors (Lipinski definition) is 0. The first-order valence-corrected chi connectivity index (χ1v) is 3.75. The van der Waals surface area contributed by atoms with E-state index in [1.54, 1.807) is 0 Å². The van der Waals surface area contributed by atoms with E-state index in [2.05, 4.69) is 4.74 Å². The Labute approximate surface area is 79.2 Å². The van der Waals surface area contributed by atoms with Gasteiger partial charge in [0.2, 0.25) is 5.82 Å². The summed E-state index contributed by atoms with van der Waals surface area (Å²) in [4.78, 5) is 10.3. The molecule has 0 aromatic heterocycles. The van der Waals surface area contributed by atoms with Crippen LogP contribution in [0.2, 0.25) is 0 Å². The highest BCUT2D eigenvalue weighted by atomic mass is 19.2. The zero-order chi connectivity index (χ0) is 10.6. The van der Waals surface area contributed by atoms with Crippen molar-refractivity contribution in [3.63, 3.8) is 0 Å². The second-order valence-electron chi connectivity index (χ2n) is 2.48. The number of ether oxygens (including phenoxy) is 2. The van der Waals surface area contributed by atoms with Gasteiger partial charge in [0, 0.05) is 12.7 Å². The van der Waals surface area contributed by atoms with Gasteiger partial charge in [-0.25, -0.2) is 4.39 Å². The maximum Gasteiger partial charge on any atom is 0.200 e. The molecule has 1 aromatic rings. The van der Waals surface area contributed by atoms with Gasteiger partial charge in [-0.3, -0.25) is 4.79 Å². The van der Waals surface area contributed by atoms with Gasteiger partial charge in [0.1, 0.15) is 6.29 Å². The van der Waals surface area contributed by atoms with Crippen molar-refractivity contribution >= 4 is 6.29 Å². The first-order valence-electron chi connectivity index (χ1n) is 3.75. The minimum Gasteiger partial charge on any atom is -0.464 e. The Kier molecular flexibility index (Phi) is 3.53. The minimum absolute atomic E-state index is 0.00926. The SMILES string of the molecule is COCOc1cc(C=O)cc(F)c1F. The fourth-order valence-electron chi connectivity index (χ4n) is 0.879. The van der Waals surface area contributed by atoms with Crippen molar-refractivity contribution in [3.05, 3.63) is 29.3 Å². The van der Waals surface area contributed by atoms with E-state index < -0.39 is 11.6 Å². The molecule has 14 heavy (non-hydrogen) atoms. The van der Waals surface area contributed by atoms with Gasteiger partial charge in [0.05, 0.1) is 0 Å². The summed E-state index contributed by atoms with van der Waals surface area (Å²) in [6.45, 7) is -0.210. The summed E-state index contributed by atoms with van der Waals surface area (Å²) in [6, 6.07) is 1.90. The van der Waals surface area contributed by atoms with E-state index in [0.29, 0.717) is 6.29 Å². The molecule has 1 aromatic carbocycles. The van der Waals surface area contributed by atoms with Gasteiger partial charge in [-0.15, -0.1) is 0 Å². The highest BCUT2D eigenvalue weighted by Crippen LogP contribution is 2.21. The summed E-state index contributed by atoms with van der Waals surface area (Å²) in [5.74, 6) is -2.60. The van der Waals surface area contributed by atoms with Gasteiger partial charge in [0.25, 0.3) is 0 Å². The van der Waals surface area contributed by atoms with Crippen molar-refractivity contribution in [2.75, 3.05) is 13.9 Å². The molecule has 5 heteroatoms. The van der Waals surface area contributed by atoms with Gasteiger partial charge >= 0.3 is 0 Å². The number of methoxy groups -OCH3 is 1. The average molecular weight is 202 g/mol. The normalized spacial score (nSPS) is 9.93. The van der Waals surface area contributed by atoms with Crippen molar-refractivity contribution in [3.8, 4) is 5.75 Å². The largest absolute Gasteiger partial charge is 0.464 e. The fourth-order valence-corrected chi connectivity index (χ4v) is 0.879. The first-order chi connectivity index (χ1) is 6.69. The van der Waals surface area contributed by atoms with Crippen molar-refractivity contribution < 1.29 is 23.0 Å². The third kappa shape index (κ3) is 2.26. The Morgan fingerprint density at radius 3 is 2.71 bits per heavy atom. The fraction of sp³-hybridized carbons (Fsp3) is 0.222. The molecule has 1 rings (SSSR count). The number of halogens is 2. The van der Waals surface area contributed by atoms with Crippen LogP contribution in [0, 0.1) is 11.6 Å². The Balaban J connectivity index is 3.00. The number of hydrogen-bond acceptors (Lipinski definition) is 3. The minimum atomic E-state index is -1.13. The van der Waals surface area contributed by atoms with Crippen LogP contribution in [0.15, 0.2) is 12.1 Å². The first kappa shape index (κ1) is 10.6. The summed E-state index contributed by atoms with van der Waals surface area (Å²) < 4.78 is 35.0. The molecule has 0 radical (unpaired) electrons. The molecule has 0 aliphatic carbocycles. The van der Waals surface area contributed by atoms with Gasteiger partial charge in [-0.05, 0) is 12.1 Å². The van der Waals surface area contributed by atoms with E-state index in [4.69, 9.17) is 4.74 Å². The molecule has 0 fully saturated rings. The lowest BCUT2D eigenvalue weighted by molar-refractivity contribution is 0.0477. The molecule has 0 aliphatic rings. The number of carbonyl (C=O) groups is 1. The van der Waals surface area contributed by atoms with Crippen LogP contribution in [-0.4, -0.2) is 20.2 Å². The number of rotatable bonds is 4. The Bertz CT molecular complexity index is 339. The van der Waals surface area contributed by atoms with Crippen LogP contribution in [-0.2, 0) is 4.74 Å². The zero-order valence-corrected chi connectivity index (χ0v) is 7.42. The lowest BCUT2D eigenvalue weighted by atomic mass is 10.2. The predicted molar refractivity (Wildman–Crippen MR) is 44.2 cm³/mol. The maximum absolute atomic E-state index is 13.0. The van der Waals surface area contributed by atoms with E-state index in [-0.39, 0.29) is 18.1 Å². The van der Waals surface area contributed by atoms with Crippen LogP contribution in [0.4, 0.5) is 8.78 Å². The second-order valence-corrected chi connectivity index (χ2v) is 2.48. The molecule has 0 spiro atoms. The summed E-state index contributed by atoms with van der Waals surface area (Å²) in [5.41, 5.74) is 0.00926. The van der Waals surface area contributed by atoms with Crippen LogP contribution < -0.4 is 4.74 Å². The Morgan fingerprint density at radius 1 is 1.43 bits per heavy atom. The monoisotopic (exact) mass is 202 g/mol. The molecule has 0 heterocycles. The van der Waals surface area contributed by atoms with Crippen LogP contribution in [0.1, 0.15) is 10.4 Å². The van der Waals surface area contributed by atoms with Crippen LogP contribution in [0.5, 0.6) is 5.75 Å². The lowest BCUT2D eigenvalue weighted by Gasteiger charge is -2.06. The average Bonchev–Trinajstić information content (AvgIpc) is 2.20. The summed E-state index contributed by atoms with van der Waals surface area (Å²) in [6.07, 6.45) is 0.405. The summed E-state index contributed by atoms with van der Waals surface area (Å²) in [7, 11) is 1.35. The quantitative estimate of drug-likeness (QED) is 0.551. The molecule has 0 saturated carbocycles. The highest BCUT2D eigenvalue weighted by molar-refractivity contribution is 5.75. The number of aldehydes is 1. The van der Waals surface area contributed by atoms with Crippen molar-refractivity contribution in [1.82, 2.24) is 0 Å². The molecule has 0 bridgehead atoms. The van der Waals surface area contributed by atoms with Gasteiger partial charge in [-0.2, -0.15) is 4.39 Å². The van der Waals surface area contributed by atoms with Gasteiger partial charge in [0.15, 0.2) is 18.4 Å². The molecule has 76 valence electrons. The summed E-state index contributed by atoms with van der Waals surface area (Å²) >= 11 is 0. The molecular weight excluding hydrogens is 194 g/mol. The van der Waals surface area contributed by atoms with Gasteiger partial charge < -0.3 is 9.47 Å². The van der Waals surface area contributed by atoms with Crippen molar-refractivity contribution in [2.45, 2.75) is 0 Å². The number of benzene rings is 1. The maximum atomic E-state index is 13.0. The second kappa shape index (κ2) is 4.66. The molecule has 0 aliphatic heterocycles. The van der Waals surface area contributed by atoms with E-state index in [0.717, 1.165) is 12.1 Å². The Hall–Kier alpha value is -1.49. The zero-order valence-electron chi connectivity index (χ0n) is 7.42. The van der Waals surface area contributed by atoms with Crippen LogP contribution in [0.3, 0.4) is 0 Å². The smallest absolute Gasteiger partial charge is 0.200 e. The van der Waals surface area contributed by atoms with Crippen LogP contribution in [0.25, 0.3) is 0 Å². The van der Waals surface area contributed by atoms with Crippen LogP contribution >= 0.6 is 0 Å². The molecule has 0 atom stereocenters. The van der Waals surface area contributed by atoms with Crippen molar-refractivity contribution in [2.24, 2.45) is 0 Å². The van der Waals surface area contributed by atoms with Gasteiger partial charge in [-0.1, -0.05) is 0 Å². The molecular formula is C9H8F2O3. The third-order valence-corrected chi connectivity index (χ3v) is 1.49. The topological polar surface area (TPSA) is 35.5 Å². The van der Waals surface area contributed by atoms with E-state index in [1.165, 1.54) is 7.11 Å². The molecule has 0 amide bonds. The third-order valence-electron chi connectivity index (χ3n) is 1.49. The van der Waals surface area contributed by atoms with E-state index in [1.807, 2.05) is 0 Å². The highest BCUT2D eigenvalue weighted by Gasteiger charge is 2.11. The van der Waals surface area contributed by atoms with Crippen molar-refractivity contribution in [1.29, 1.82) is 0 Å². The molecule has 0 unspecified atom stereocenters. The number of carbonyl (C=O) groups excluding carboxylic acids is 1. The predicted octanol–water partition coefficient (Wildman–Crippen LogP) is 1.76. The van der Waals surface area contributed by atoms with E-state index in [9.17, 15) is 13.6 Å². The summed E-state index contributed by atoms with van der Waals surface area (Å²) in [5, 5.41) is 0. The molecule has 3 nitrogen and oxygen atoms in total.